The molecule has 3 heterocycles. The van der Waals surface area contributed by atoms with Crippen LogP contribution in [-0.4, -0.2) is 31.8 Å². The minimum Gasteiger partial charge on any atom is -0.372 e. The molecule has 1 amide bonds. The monoisotopic (exact) mass is 357 g/mol. The number of aryl methyl sites for hydroxylation is 1. The van der Waals surface area contributed by atoms with Gasteiger partial charge >= 0.3 is 0 Å². The summed E-state index contributed by atoms with van der Waals surface area (Å²) < 4.78 is 5.84. The summed E-state index contributed by atoms with van der Waals surface area (Å²) in [5.41, 5.74) is 3.44. The largest absolute Gasteiger partial charge is 0.372 e. The molecule has 1 saturated heterocycles. The van der Waals surface area contributed by atoms with Crippen LogP contribution in [0.15, 0.2) is 30.3 Å². The first-order valence-electron chi connectivity index (χ1n) is 9.04. The average Bonchev–Trinajstić information content (AvgIpc) is 3.24. The maximum Gasteiger partial charge on any atom is 0.263 e. The number of benzene rings is 1. The van der Waals surface area contributed by atoms with E-state index < -0.39 is 0 Å². The Bertz CT molecular complexity index is 766. The van der Waals surface area contributed by atoms with E-state index in [4.69, 9.17) is 4.74 Å². The van der Waals surface area contributed by atoms with Gasteiger partial charge < -0.3 is 9.64 Å². The van der Waals surface area contributed by atoms with Gasteiger partial charge in [0.05, 0.1) is 0 Å². The average molecular weight is 357 g/mol. The first-order chi connectivity index (χ1) is 12.1. The Labute approximate surface area is 153 Å². The predicted octanol–water partition coefficient (Wildman–Crippen LogP) is 2.55. The molecule has 4 rings (SSSR count). The Morgan fingerprint density at radius 3 is 2.84 bits per heavy atom. The van der Waals surface area contributed by atoms with Crippen molar-refractivity contribution >= 4 is 22.2 Å². The van der Waals surface area contributed by atoms with Gasteiger partial charge in [-0.3, -0.25) is 9.69 Å². The number of hydrogen-bond donors (Lipinski definition) is 1. The van der Waals surface area contributed by atoms with E-state index in [1.165, 1.54) is 20.9 Å². The molecule has 132 valence electrons. The van der Waals surface area contributed by atoms with E-state index in [1.54, 1.807) is 11.3 Å². The van der Waals surface area contributed by atoms with Crippen LogP contribution in [0.5, 0.6) is 0 Å². The Kier molecular flexibility index (Phi) is 4.63. The highest BCUT2D eigenvalue weighted by atomic mass is 32.1. The SMILES string of the molecule is Cc1sc2c(c1C)C[NH+](C[C@@H]1CCCO1)CN2C(=O)c1ccccc1. The van der Waals surface area contributed by atoms with E-state index >= 15 is 0 Å². The molecule has 0 bridgehead atoms. The fraction of sp³-hybridized carbons (Fsp3) is 0.450. The quantitative estimate of drug-likeness (QED) is 0.916. The number of thiophene rings is 1. The molecule has 2 atom stereocenters. The van der Waals surface area contributed by atoms with Crippen molar-refractivity contribution in [2.24, 2.45) is 0 Å². The number of ether oxygens (including phenoxy) is 1. The normalized spacial score (nSPS) is 22.9. The van der Waals surface area contributed by atoms with Crippen LogP contribution in [0.25, 0.3) is 0 Å². The van der Waals surface area contributed by atoms with E-state index in [2.05, 4.69) is 13.8 Å². The third-order valence-corrected chi connectivity index (χ3v) is 6.62. The maximum atomic E-state index is 13.2. The van der Waals surface area contributed by atoms with Crippen molar-refractivity contribution in [3.63, 3.8) is 0 Å². The molecular formula is C20H25N2O2S+. The summed E-state index contributed by atoms with van der Waals surface area (Å²) in [6.07, 6.45) is 2.64. The number of quaternary nitrogens is 1. The lowest BCUT2D eigenvalue weighted by molar-refractivity contribution is -0.917. The van der Waals surface area contributed by atoms with Gasteiger partial charge in [-0.15, -0.1) is 11.3 Å². The second kappa shape index (κ2) is 6.90. The Morgan fingerprint density at radius 1 is 1.32 bits per heavy atom. The van der Waals surface area contributed by atoms with E-state index in [9.17, 15) is 4.79 Å². The van der Waals surface area contributed by atoms with Crippen LogP contribution in [-0.2, 0) is 11.3 Å². The molecule has 25 heavy (non-hydrogen) atoms. The molecular weight excluding hydrogens is 332 g/mol. The van der Waals surface area contributed by atoms with Crippen molar-refractivity contribution < 1.29 is 14.4 Å². The van der Waals surface area contributed by atoms with Crippen LogP contribution >= 0.6 is 11.3 Å². The Balaban J connectivity index is 1.64. The van der Waals surface area contributed by atoms with Gasteiger partial charge in [-0.2, -0.15) is 0 Å². The third-order valence-electron chi connectivity index (χ3n) is 5.35. The van der Waals surface area contributed by atoms with Crippen LogP contribution in [0.2, 0.25) is 0 Å². The van der Waals surface area contributed by atoms with E-state index in [0.29, 0.717) is 6.10 Å². The Hall–Kier alpha value is -1.69. The van der Waals surface area contributed by atoms with Crippen molar-refractivity contribution in [1.29, 1.82) is 0 Å². The van der Waals surface area contributed by atoms with Crippen molar-refractivity contribution in [2.45, 2.75) is 39.3 Å². The number of hydrogen-bond acceptors (Lipinski definition) is 3. The van der Waals surface area contributed by atoms with Gasteiger partial charge in [0.15, 0.2) is 6.67 Å². The molecule has 2 aromatic rings. The molecule has 0 spiro atoms. The highest BCUT2D eigenvalue weighted by Crippen LogP contribution is 2.36. The molecule has 1 N–H and O–H groups in total. The molecule has 0 saturated carbocycles. The highest BCUT2D eigenvalue weighted by Gasteiger charge is 2.35. The minimum atomic E-state index is 0.104. The summed E-state index contributed by atoms with van der Waals surface area (Å²) >= 11 is 1.75. The van der Waals surface area contributed by atoms with Crippen molar-refractivity contribution in [2.75, 3.05) is 24.7 Å². The molecule has 1 unspecified atom stereocenters. The second-order valence-corrected chi connectivity index (χ2v) is 8.29. The number of fused-ring (bicyclic) bond motifs is 1. The topological polar surface area (TPSA) is 34.0 Å². The lowest BCUT2D eigenvalue weighted by atomic mass is 10.1. The molecule has 2 aliphatic heterocycles. The summed E-state index contributed by atoms with van der Waals surface area (Å²) in [7, 11) is 0. The summed E-state index contributed by atoms with van der Waals surface area (Å²) in [5.74, 6) is 0.104. The van der Waals surface area contributed by atoms with Gasteiger partial charge in [0.1, 0.15) is 24.2 Å². The number of nitrogens with one attached hydrogen (secondary N) is 1. The zero-order valence-corrected chi connectivity index (χ0v) is 15.7. The van der Waals surface area contributed by atoms with Crippen LogP contribution < -0.4 is 9.80 Å². The summed E-state index contributed by atoms with van der Waals surface area (Å²) in [4.78, 5) is 17.9. The smallest absolute Gasteiger partial charge is 0.263 e. The maximum absolute atomic E-state index is 13.2. The lowest BCUT2D eigenvalue weighted by Crippen LogP contribution is -3.14. The molecule has 1 aromatic heterocycles. The van der Waals surface area contributed by atoms with Crippen molar-refractivity contribution in [3.8, 4) is 0 Å². The molecule has 0 aliphatic carbocycles. The molecule has 5 heteroatoms. The molecule has 2 aliphatic rings. The predicted molar refractivity (Wildman–Crippen MR) is 100 cm³/mol. The van der Waals surface area contributed by atoms with Gasteiger partial charge in [0, 0.05) is 22.6 Å². The molecule has 1 fully saturated rings. The Morgan fingerprint density at radius 2 is 2.12 bits per heavy atom. The molecule has 0 radical (unpaired) electrons. The number of carbonyl (C=O) groups is 1. The first kappa shape index (κ1) is 16.8. The van der Waals surface area contributed by atoms with E-state index in [1.807, 2.05) is 35.2 Å². The standard InChI is InChI=1S/C20H24N2O2S/c1-14-15(2)25-20-18(14)12-21(11-17-9-6-10-24-17)13-22(20)19(23)16-7-4-3-5-8-16/h3-5,7-8,17H,6,9-13H2,1-2H3/p+1/t17-/m0/s1. The van der Waals surface area contributed by atoms with Crippen LogP contribution in [0, 0.1) is 13.8 Å². The van der Waals surface area contributed by atoms with Gasteiger partial charge in [-0.25, -0.2) is 0 Å². The molecule has 1 aromatic carbocycles. The van der Waals surface area contributed by atoms with Gasteiger partial charge in [-0.05, 0) is 44.4 Å². The fourth-order valence-corrected chi connectivity index (χ4v) is 5.02. The van der Waals surface area contributed by atoms with Gasteiger partial charge in [-0.1, -0.05) is 18.2 Å². The first-order valence-corrected chi connectivity index (χ1v) is 9.86. The van der Waals surface area contributed by atoms with Crippen molar-refractivity contribution in [1.82, 2.24) is 0 Å². The van der Waals surface area contributed by atoms with E-state index in [-0.39, 0.29) is 5.91 Å². The third kappa shape index (κ3) is 3.24. The number of nitrogens with zero attached hydrogens (tertiary/aromatic N) is 1. The van der Waals surface area contributed by atoms with Crippen molar-refractivity contribution in [3.05, 3.63) is 51.9 Å². The summed E-state index contributed by atoms with van der Waals surface area (Å²) in [6.45, 7) is 7.91. The minimum absolute atomic E-state index is 0.104. The number of amides is 1. The van der Waals surface area contributed by atoms with Crippen LogP contribution in [0.1, 0.15) is 39.2 Å². The summed E-state index contributed by atoms with van der Waals surface area (Å²) in [5, 5.41) is 1.14. The highest BCUT2D eigenvalue weighted by molar-refractivity contribution is 7.16. The number of rotatable bonds is 3. The number of anilines is 1. The molecule has 4 nitrogen and oxygen atoms in total. The van der Waals surface area contributed by atoms with E-state index in [0.717, 1.165) is 49.8 Å². The zero-order valence-electron chi connectivity index (χ0n) is 14.9. The summed E-state index contributed by atoms with van der Waals surface area (Å²) in [6, 6.07) is 9.63. The van der Waals surface area contributed by atoms with Crippen LogP contribution in [0.3, 0.4) is 0 Å². The van der Waals surface area contributed by atoms with Crippen LogP contribution in [0.4, 0.5) is 5.00 Å². The second-order valence-electron chi connectivity index (χ2n) is 7.09. The van der Waals surface area contributed by atoms with Gasteiger partial charge in [0.2, 0.25) is 0 Å². The van der Waals surface area contributed by atoms with Gasteiger partial charge in [0.25, 0.3) is 5.91 Å². The number of carbonyl (C=O) groups excluding carboxylic acids is 1. The lowest BCUT2D eigenvalue weighted by Gasteiger charge is -2.34. The fourth-order valence-electron chi connectivity index (χ4n) is 3.85. The zero-order chi connectivity index (χ0) is 17.4.